The monoisotopic (exact) mass is 161 g/mol. The summed E-state index contributed by atoms with van der Waals surface area (Å²) in [6.45, 7) is 0. The largest absolute Gasteiger partial charge is 0.594 e. The van der Waals surface area contributed by atoms with Crippen LogP contribution in [0.3, 0.4) is 0 Å². The van der Waals surface area contributed by atoms with E-state index in [0.29, 0.717) is 16.0 Å². The summed E-state index contributed by atoms with van der Waals surface area (Å²) in [5.74, 6) is 0. The molecule has 0 aliphatic rings. The Morgan fingerprint density at radius 2 is 2.17 bits per heavy atom. The summed E-state index contributed by atoms with van der Waals surface area (Å²) >= 11 is 0. The fourth-order valence-electron chi connectivity index (χ4n) is 1.12. The van der Waals surface area contributed by atoms with E-state index in [9.17, 15) is 5.21 Å². The van der Waals surface area contributed by atoms with Crippen molar-refractivity contribution in [3.63, 3.8) is 0 Å². The molecular weight excluding hydrogens is 154 g/mol. The van der Waals surface area contributed by atoms with Crippen molar-refractivity contribution < 1.29 is 4.85 Å². The Balaban J connectivity index is 2.86. The molecule has 1 aromatic carbocycles. The van der Waals surface area contributed by atoms with Crippen molar-refractivity contribution in [1.29, 1.82) is 0 Å². The van der Waals surface area contributed by atoms with Crippen LogP contribution in [0.2, 0.25) is 0 Å². The van der Waals surface area contributed by atoms with Crippen LogP contribution in [0.1, 0.15) is 0 Å². The SMILES string of the molecule is Nc1cccc2n[n+]([O-])ccc12. The van der Waals surface area contributed by atoms with Gasteiger partial charge in [-0.05, 0) is 12.1 Å². The van der Waals surface area contributed by atoms with Crippen LogP contribution in [0.15, 0.2) is 30.5 Å². The first-order chi connectivity index (χ1) is 5.77. The van der Waals surface area contributed by atoms with Crippen LogP contribution in [-0.2, 0) is 0 Å². The van der Waals surface area contributed by atoms with Crippen LogP contribution in [0.5, 0.6) is 0 Å². The molecule has 4 heteroatoms. The molecule has 2 aromatic rings. The van der Waals surface area contributed by atoms with Crippen LogP contribution in [0.25, 0.3) is 10.9 Å². The molecule has 0 bridgehead atoms. The van der Waals surface area contributed by atoms with E-state index in [1.54, 1.807) is 24.3 Å². The third-order valence-corrected chi connectivity index (χ3v) is 1.69. The molecule has 4 nitrogen and oxygen atoms in total. The molecule has 0 spiro atoms. The Morgan fingerprint density at radius 3 is 3.00 bits per heavy atom. The van der Waals surface area contributed by atoms with Gasteiger partial charge in [-0.3, -0.25) is 0 Å². The van der Waals surface area contributed by atoms with Gasteiger partial charge in [0.05, 0.1) is 0 Å². The van der Waals surface area contributed by atoms with Crippen molar-refractivity contribution in [3.05, 3.63) is 35.7 Å². The quantitative estimate of drug-likeness (QED) is 0.346. The molecule has 2 N–H and O–H groups in total. The number of rotatable bonds is 0. The number of hydrogen-bond acceptors (Lipinski definition) is 3. The minimum atomic E-state index is 0.516. The smallest absolute Gasteiger partial charge is 0.210 e. The van der Waals surface area contributed by atoms with E-state index < -0.39 is 0 Å². The lowest BCUT2D eigenvalue weighted by atomic mass is 10.2. The van der Waals surface area contributed by atoms with Gasteiger partial charge < -0.3 is 10.9 Å². The van der Waals surface area contributed by atoms with Gasteiger partial charge >= 0.3 is 0 Å². The standard InChI is InChI=1S/C8H7N3O/c9-7-2-1-3-8-6(7)4-5-11(12)10-8/h1-5H,9H2. The van der Waals surface area contributed by atoms with Crippen molar-refractivity contribution in [3.8, 4) is 0 Å². The summed E-state index contributed by atoms with van der Waals surface area (Å²) in [6, 6.07) is 6.95. The molecule has 0 aliphatic heterocycles. The summed E-state index contributed by atoms with van der Waals surface area (Å²) in [6.07, 6.45) is 1.33. The zero-order valence-electron chi connectivity index (χ0n) is 6.27. The normalized spacial score (nSPS) is 10.3. The minimum Gasteiger partial charge on any atom is -0.594 e. The van der Waals surface area contributed by atoms with Crippen LogP contribution < -0.4 is 10.6 Å². The Labute approximate surface area is 68.8 Å². The summed E-state index contributed by atoms with van der Waals surface area (Å²) < 4.78 is 0. The maximum atomic E-state index is 10.8. The molecule has 0 radical (unpaired) electrons. The van der Waals surface area contributed by atoms with Gasteiger partial charge in [-0.15, -0.1) is 0 Å². The van der Waals surface area contributed by atoms with Gasteiger partial charge in [0.15, 0.2) is 0 Å². The van der Waals surface area contributed by atoms with Crippen molar-refractivity contribution >= 4 is 16.6 Å². The third kappa shape index (κ3) is 0.934. The predicted octanol–water partition coefficient (Wildman–Crippen LogP) is 0.450. The highest BCUT2D eigenvalue weighted by Gasteiger charge is 2.00. The molecule has 0 unspecified atom stereocenters. The lowest BCUT2D eigenvalue weighted by molar-refractivity contribution is -0.666. The first kappa shape index (κ1) is 6.84. The minimum absolute atomic E-state index is 0.516. The predicted molar refractivity (Wildman–Crippen MR) is 45.1 cm³/mol. The van der Waals surface area contributed by atoms with Gasteiger partial charge in [0.1, 0.15) is 5.52 Å². The van der Waals surface area contributed by atoms with E-state index in [-0.39, 0.29) is 0 Å². The van der Waals surface area contributed by atoms with E-state index >= 15 is 0 Å². The number of benzene rings is 1. The molecule has 0 fully saturated rings. The number of fused-ring (bicyclic) bond motifs is 1. The van der Waals surface area contributed by atoms with Gasteiger partial charge in [0.2, 0.25) is 6.20 Å². The van der Waals surface area contributed by atoms with Crippen molar-refractivity contribution in [1.82, 2.24) is 5.10 Å². The van der Waals surface area contributed by atoms with Crippen LogP contribution >= 0.6 is 0 Å². The lowest BCUT2D eigenvalue weighted by Crippen LogP contribution is -2.29. The second kappa shape index (κ2) is 2.34. The Kier molecular flexibility index (Phi) is 1.33. The summed E-state index contributed by atoms with van der Waals surface area (Å²) in [5.41, 5.74) is 6.91. The van der Waals surface area contributed by atoms with Gasteiger partial charge in [-0.1, -0.05) is 10.9 Å². The maximum Gasteiger partial charge on any atom is 0.210 e. The zero-order valence-corrected chi connectivity index (χ0v) is 6.27. The molecule has 0 amide bonds. The summed E-state index contributed by atoms with van der Waals surface area (Å²) in [4.78, 5) is 0.516. The first-order valence-corrected chi connectivity index (χ1v) is 3.52. The molecule has 0 atom stereocenters. The highest BCUT2D eigenvalue weighted by atomic mass is 16.5. The third-order valence-electron chi connectivity index (χ3n) is 1.69. The van der Waals surface area contributed by atoms with E-state index in [2.05, 4.69) is 5.10 Å². The summed E-state index contributed by atoms with van der Waals surface area (Å²) in [7, 11) is 0. The molecule has 12 heavy (non-hydrogen) atoms. The molecule has 0 saturated heterocycles. The topological polar surface area (TPSA) is 65.8 Å². The van der Waals surface area contributed by atoms with Crippen LogP contribution in [0.4, 0.5) is 5.69 Å². The number of nitrogen functional groups attached to an aromatic ring is 1. The molecule has 0 aliphatic carbocycles. The Morgan fingerprint density at radius 1 is 1.33 bits per heavy atom. The number of nitrogens with zero attached hydrogens (tertiary/aromatic N) is 2. The Hall–Kier alpha value is -1.84. The van der Waals surface area contributed by atoms with Crippen LogP contribution in [-0.4, -0.2) is 5.10 Å². The van der Waals surface area contributed by atoms with E-state index in [1.165, 1.54) is 6.20 Å². The Bertz CT molecular complexity index is 428. The lowest BCUT2D eigenvalue weighted by Gasteiger charge is -1.98. The summed E-state index contributed by atoms with van der Waals surface area (Å²) in [5, 5.41) is 15.3. The number of anilines is 1. The van der Waals surface area contributed by atoms with Gasteiger partial charge in [0, 0.05) is 22.2 Å². The molecule has 1 aromatic heterocycles. The van der Waals surface area contributed by atoms with Gasteiger partial charge in [-0.25, -0.2) is 0 Å². The van der Waals surface area contributed by atoms with E-state index in [4.69, 9.17) is 5.73 Å². The highest BCUT2D eigenvalue weighted by molar-refractivity contribution is 5.89. The highest BCUT2D eigenvalue weighted by Crippen LogP contribution is 2.15. The fourth-order valence-corrected chi connectivity index (χ4v) is 1.12. The van der Waals surface area contributed by atoms with Gasteiger partial charge in [-0.2, -0.15) is 0 Å². The molecule has 1 heterocycles. The van der Waals surface area contributed by atoms with Crippen molar-refractivity contribution in [2.45, 2.75) is 0 Å². The average Bonchev–Trinajstić information content (AvgIpc) is 2.04. The van der Waals surface area contributed by atoms with Crippen LogP contribution in [0, 0.1) is 5.21 Å². The maximum absolute atomic E-state index is 10.8. The van der Waals surface area contributed by atoms with Gasteiger partial charge in [0.25, 0.3) is 0 Å². The first-order valence-electron chi connectivity index (χ1n) is 3.52. The number of nitrogens with two attached hydrogens (primary N) is 1. The second-order valence-corrected chi connectivity index (χ2v) is 2.50. The fraction of sp³-hybridized carbons (Fsp3) is 0. The van der Waals surface area contributed by atoms with E-state index in [0.717, 1.165) is 5.39 Å². The second-order valence-electron chi connectivity index (χ2n) is 2.50. The average molecular weight is 161 g/mol. The molecule has 60 valence electrons. The molecular formula is C8H7N3O. The zero-order chi connectivity index (χ0) is 8.55. The van der Waals surface area contributed by atoms with Crippen molar-refractivity contribution in [2.24, 2.45) is 0 Å². The molecule has 0 saturated carbocycles. The molecule has 2 rings (SSSR count). The van der Waals surface area contributed by atoms with Crippen molar-refractivity contribution in [2.75, 3.05) is 5.73 Å². The number of aromatic nitrogens is 2. The number of hydrogen-bond donors (Lipinski definition) is 1. The van der Waals surface area contributed by atoms with E-state index in [1.807, 2.05) is 0 Å².